The Kier molecular flexibility index (Phi) is 7.39. The lowest BCUT2D eigenvalue weighted by Gasteiger charge is -2.11. The molecule has 1 nitrogen and oxygen atoms in total. The summed E-state index contributed by atoms with van der Waals surface area (Å²) in [6.07, 6.45) is -1.73. The topological polar surface area (TPSA) is 9.23 Å². The fourth-order valence-electron chi connectivity index (χ4n) is 3.99. The van der Waals surface area contributed by atoms with Crippen LogP contribution < -0.4 is 4.74 Å². The Hall–Kier alpha value is -3.41. The van der Waals surface area contributed by atoms with Crippen molar-refractivity contribution in [2.24, 2.45) is 0 Å². The van der Waals surface area contributed by atoms with Crippen LogP contribution in [0.5, 0.6) is 5.75 Å². The molecule has 0 spiro atoms. The van der Waals surface area contributed by atoms with Gasteiger partial charge in [-0.25, -0.2) is 8.78 Å². The third kappa shape index (κ3) is 5.81. The molecule has 0 heterocycles. The van der Waals surface area contributed by atoms with Gasteiger partial charge in [-0.05, 0) is 71.7 Å². The van der Waals surface area contributed by atoms with Gasteiger partial charge in [0.15, 0.2) is 0 Å². The molecule has 6 heteroatoms. The van der Waals surface area contributed by atoms with Gasteiger partial charge in [-0.2, -0.15) is 13.2 Å². The summed E-state index contributed by atoms with van der Waals surface area (Å²) in [5.41, 5.74) is 1.51. The number of hydrogen-bond donors (Lipinski definition) is 0. The van der Waals surface area contributed by atoms with Crippen LogP contribution in [0.1, 0.15) is 36.5 Å². The van der Waals surface area contributed by atoms with Gasteiger partial charge in [0.2, 0.25) is 0 Å². The van der Waals surface area contributed by atoms with Crippen LogP contribution in [0.4, 0.5) is 22.0 Å². The van der Waals surface area contributed by atoms with Crippen LogP contribution >= 0.6 is 0 Å². The highest BCUT2D eigenvalue weighted by atomic mass is 19.4. The van der Waals surface area contributed by atoms with Gasteiger partial charge < -0.3 is 4.74 Å². The van der Waals surface area contributed by atoms with Crippen molar-refractivity contribution in [3.05, 3.63) is 101 Å². The van der Waals surface area contributed by atoms with Crippen molar-refractivity contribution in [1.29, 1.82) is 0 Å². The minimum Gasteiger partial charge on any atom is -0.493 e. The number of aryl methyl sites for hydroxylation is 2. The average Bonchev–Trinajstić information content (AvgIpc) is 2.83. The largest absolute Gasteiger partial charge is 0.493 e. The number of fused-ring (bicyclic) bond motifs is 1. The molecule has 0 atom stereocenters. The first-order valence-electron chi connectivity index (χ1n) is 11.6. The van der Waals surface area contributed by atoms with Crippen LogP contribution in [0.3, 0.4) is 0 Å². The van der Waals surface area contributed by atoms with Crippen LogP contribution in [0.2, 0.25) is 0 Å². The van der Waals surface area contributed by atoms with Gasteiger partial charge in [-0.15, -0.1) is 0 Å². The predicted molar refractivity (Wildman–Crippen MR) is 129 cm³/mol. The first-order valence-corrected chi connectivity index (χ1v) is 11.6. The molecule has 0 amide bonds. The van der Waals surface area contributed by atoms with Crippen LogP contribution in [0.25, 0.3) is 21.9 Å². The van der Waals surface area contributed by atoms with Gasteiger partial charge in [-0.3, -0.25) is 0 Å². The summed E-state index contributed by atoms with van der Waals surface area (Å²) >= 11 is 0. The Bertz CT molecular complexity index is 1310. The molecule has 0 bridgehead atoms. The smallest absolute Gasteiger partial charge is 0.416 e. The minimum atomic E-state index is -4.38. The zero-order chi connectivity index (χ0) is 25.0. The van der Waals surface area contributed by atoms with Crippen LogP contribution in [-0.4, -0.2) is 6.61 Å². The summed E-state index contributed by atoms with van der Waals surface area (Å²) in [4.78, 5) is 0. The molecule has 182 valence electrons. The van der Waals surface area contributed by atoms with Gasteiger partial charge in [0.25, 0.3) is 0 Å². The lowest BCUT2D eigenvalue weighted by Crippen LogP contribution is -2.04. The molecule has 4 rings (SSSR count). The van der Waals surface area contributed by atoms with E-state index in [1.165, 1.54) is 18.2 Å². The van der Waals surface area contributed by atoms with Gasteiger partial charge in [0.05, 0.1) is 12.2 Å². The lowest BCUT2D eigenvalue weighted by atomic mass is 9.97. The van der Waals surface area contributed by atoms with E-state index in [9.17, 15) is 17.6 Å². The summed E-state index contributed by atoms with van der Waals surface area (Å²) in [6.45, 7) is 2.59. The summed E-state index contributed by atoms with van der Waals surface area (Å²) in [6, 6.07) is 18.2. The standard InChI is InChI=1S/C29H25F5O/c1-2-3-16-35-24-13-15-25(27(30)18-24)21-10-14-26-22(17-21)9-8-20(28(26)31)7-4-19-5-11-23(12-6-19)29(32,33)34/h5-6,8-15,17-18H,2-4,7,16H2,1H3. The molecular formula is C29H25F5O. The molecular weight excluding hydrogens is 459 g/mol. The molecule has 0 radical (unpaired) electrons. The number of halogens is 5. The van der Waals surface area contributed by atoms with Crippen molar-refractivity contribution in [2.75, 3.05) is 6.61 Å². The third-order valence-electron chi connectivity index (χ3n) is 6.02. The molecule has 0 saturated heterocycles. The van der Waals surface area contributed by atoms with Crippen molar-refractivity contribution in [3.63, 3.8) is 0 Å². The quantitative estimate of drug-likeness (QED) is 0.179. The van der Waals surface area contributed by atoms with E-state index in [4.69, 9.17) is 4.74 Å². The van der Waals surface area contributed by atoms with Crippen LogP contribution in [0.15, 0.2) is 72.8 Å². The SMILES string of the molecule is CCCCOc1ccc(-c2ccc3c(F)c(CCc4ccc(C(F)(F)F)cc4)ccc3c2)c(F)c1. The van der Waals surface area contributed by atoms with E-state index in [1.807, 2.05) is 0 Å². The fraction of sp³-hybridized carbons (Fsp3) is 0.241. The highest BCUT2D eigenvalue weighted by Crippen LogP contribution is 2.32. The molecule has 0 N–H and O–H groups in total. The van der Waals surface area contributed by atoms with E-state index in [-0.39, 0.29) is 5.82 Å². The van der Waals surface area contributed by atoms with E-state index in [2.05, 4.69) is 6.92 Å². The van der Waals surface area contributed by atoms with E-state index < -0.39 is 17.6 Å². The molecule has 4 aromatic carbocycles. The third-order valence-corrected chi connectivity index (χ3v) is 6.02. The first-order chi connectivity index (χ1) is 16.8. The van der Waals surface area contributed by atoms with Crippen molar-refractivity contribution < 1.29 is 26.7 Å². The molecule has 0 aromatic heterocycles. The Morgan fingerprint density at radius 2 is 1.57 bits per heavy atom. The summed E-state index contributed by atoms with van der Waals surface area (Å²) in [7, 11) is 0. The normalized spacial score (nSPS) is 11.7. The van der Waals surface area contributed by atoms with Crippen LogP contribution in [-0.2, 0) is 19.0 Å². The van der Waals surface area contributed by atoms with Crippen LogP contribution in [0, 0.1) is 11.6 Å². The molecule has 0 aliphatic rings. The average molecular weight is 485 g/mol. The second-order valence-electron chi connectivity index (χ2n) is 8.51. The van der Waals surface area contributed by atoms with Gasteiger partial charge in [-0.1, -0.05) is 49.7 Å². The number of rotatable bonds is 8. The highest BCUT2D eigenvalue weighted by Gasteiger charge is 2.29. The second kappa shape index (κ2) is 10.5. The zero-order valence-corrected chi connectivity index (χ0v) is 19.3. The van der Waals surface area contributed by atoms with Crippen molar-refractivity contribution >= 4 is 10.8 Å². The number of hydrogen-bond acceptors (Lipinski definition) is 1. The molecule has 35 heavy (non-hydrogen) atoms. The van der Waals surface area contributed by atoms with Crippen molar-refractivity contribution in [1.82, 2.24) is 0 Å². The first kappa shape index (κ1) is 24.7. The van der Waals surface area contributed by atoms with E-state index in [1.54, 1.807) is 42.5 Å². The Morgan fingerprint density at radius 1 is 0.800 bits per heavy atom. The Balaban J connectivity index is 1.51. The summed E-state index contributed by atoms with van der Waals surface area (Å²) in [5, 5.41) is 1.06. The predicted octanol–water partition coefficient (Wildman–Crippen LogP) is 8.77. The van der Waals surface area contributed by atoms with Crippen molar-refractivity contribution in [2.45, 2.75) is 38.8 Å². The second-order valence-corrected chi connectivity index (χ2v) is 8.51. The number of benzene rings is 4. The molecule has 0 fully saturated rings. The lowest BCUT2D eigenvalue weighted by molar-refractivity contribution is -0.137. The monoisotopic (exact) mass is 484 g/mol. The van der Waals surface area contributed by atoms with Gasteiger partial charge in [0.1, 0.15) is 17.4 Å². The number of unbranched alkanes of at least 4 members (excludes halogenated alkanes) is 1. The molecule has 0 unspecified atom stereocenters. The fourth-order valence-corrected chi connectivity index (χ4v) is 3.99. The maximum atomic E-state index is 15.2. The minimum absolute atomic E-state index is 0.350. The van der Waals surface area contributed by atoms with E-state index in [0.717, 1.165) is 25.0 Å². The highest BCUT2D eigenvalue weighted by molar-refractivity contribution is 5.88. The van der Waals surface area contributed by atoms with Crippen molar-refractivity contribution in [3.8, 4) is 16.9 Å². The number of alkyl halides is 3. The summed E-state index contributed by atoms with van der Waals surface area (Å²) < 4.78 is 73.6. The molecule has 0 aliphatic heterocycles. The Morgan fingerprint density at radius 3 is 2.26 bits per heavy atom. The maximum absolute atomic E-state index is 15.2. The molecule has 4 aromatic rings. The summed E-state index contributed by atoms with van der Waals surface area (Å²) in [5.74, 6) is -0.308. The number of ether oxygens (including phenoxy) is 1. The van der Waals surface area contributed by atoms with E-state index >= 15 is 4.39 Å². The zero-order valence-electron chi connectivity index (χ0n) is 19.3. The Labute approximate surface area is 201 Å². The molecule has 0 saturated carbocycles. The molecule has 0 aliphatic carbocycles. The van der Waals surface area contributed by atoms with E-state index in [0.29, 0.717) is 58.2 Å². The maximum Gasteiger partial charge on any atom is 0.416 e. The van der Waals surface area contributed by atoms with Gasteiger partial charge >= 0.3 is 6.18 Å². The van der Waals surface area contributed by atoms with Gasteiger partial charge in [0, 0.05) is 17.0 Å².